The van der Waals surface area contributed by atoms with Gasteiger partial charge < -0.3 is 14.4 Å². The fraction of sp³-hybridized carbons (Fsp3) is 0.471. The Morgan fingerprint density at radius 1 is 1.38 bits per heavy atom. The molecule has 1 aliphatic heterocycles. The first-order chi connectivity index (χ1) is 12.5. The van der Waals surface area contributed by atoms with Crippen molar-refractivity contribution in [1.29, 1.82) is 0 Å². The van der Waals surface area contributed by atoms with E-state index >= 15 is 0 Å². The van der Waals surface area contributed by atoms with Crippen LogP contribution in [0.2, 0.25) is 0 Å². The SMILES string of the molecule is COc1ccc(F)cc1C(C(=O)O)N1CCN(Cc2noc(C)n2)CC1. The van der Waals surface area contributed by atoms with E-state index in [1.165, 1.54) is 25.3 Å². The van der Waals surface area contributed by atoms with E-state index in [2.05, 4.69) is 15.0 Å². The third-order valence-electron chi connectivity index (χ3n) is 4.43. The van der Waals surface area contributed by atoms with Crippen LogP contribution in [0.15, 0.2) is 22.7 Å². The monoisotopic (exact) mass is 364 g/mol. The van der Waals surface area contributed by atoms with Crippen LogP contribution in [0.1, 0.15) is 23.3 Å². The first-order valence-corrected chi connectivity index (χ1v) is 8.29. The van der Waals surface area contributed by atoms with Crippen LogP contribution in [-0.4, -0.2) is 64.3 Å². The zero-order valence-electron chi connectivity index (χ0n) is 14.7. The molecule has 1 atom stereocenters. The molecule has 1 aliphatic rings. The molecular weight excluding hydrogens is 343 g/mol. The Bertz CT molecular complexity index is 774. The van der Waals surface area contributed by atoms with Crippen molar-refractivity contribution >= 4 is 5.97 Å². The number of carboxylic acid groups (broad SMARTS) is 1. The maximum absolute atomic E-state index is 13.7. The lowest BCUT2D eigenvalue weighted by Crippen LogP contribution is -2.49. The molecule has 0 saturated carbocycles. The Balaban J connectivity index is 1.71. The fourth-order valence-corrected chi connectivity index (χ4v) is 3.19. The molecule has 3 rings (SSSR count). The maximum Gasteiger partial charge on any atom is 0.325 e. The third-order valence-corrected chi connectivity index (χ3v) is 4.43. The second-order valence-corrected chi connectivity index (χ2v) is 6.17. The predicted octanol–water partition coefficient (Wildman–Crippen LogP) is 1.47. The summed E-state index contributed by atoms with van der Waals surface area (Å²) in [5.74, 6) is -0.0295. The number of rotatable bonds is 6. The molecule has 140 valence electrons. The Hall–Kier alpha value is -2.52. The maximum atomic E-state index is 13.7. The number of methoxy groups -OCH3 is 1. The zero-order valence-corrected chi connectivity index (χ0v) is 14.7. The molecule has 9 heteroatoms. The van der Waals surface area contributed by atoms with Crippen LogP contribution in [0.5, 0.6) is 5.75 Å². The summed E-state index contributed by atoms with van der Waals surface area (Å²) in [5.41, 5.74) is 0.322. The number of nitrogens with zero attached hydrogens (tertiary/aromatic N) is 4. The number of ether oxygens (including phenoxy) is 1. The van der Waals surface area contributed by atoms with Crippen molar-refractivity contribution in [2.24, 2.45) is 0 Å². The van der Waals surface area contributed by atoms with Gasteiger partial charge in [-0.15, -0.1) is 0 Å². The van der Waals surface area contributed by atoms with Crippen molar-refractivity contribution in [3.8, 4) is 5.75 Å². The third kappa shape index (κ3) is 4.00. The van der Waals surface area contributed by atoms with Crippen LogP contribution >= 0.6 is 0 Å². The quantitative estimate of drug-likeness (QED) is 0.824. The normalized spacial score (nSPS) is 17.2. The molecule has 26 heavy (non-hydrogen) atoms. The molecule has 1 fully saturated rings. The van der Waals surface area contributed by atoms with Crippen LogP contribution in [0.4, 0.5) is 4.39 Å². The summed E-state index contributed by atoms with van der Waals surface area (Å²) in [6.07, 6.45) is 0. The molecule has 1 aromatic heterocycles. The van der Waals surface area contributed by atoms with Crippen LogP contribution in [-0.2, 0) is 11.3 Å². The van der Waals surface area contributed by atoms with Crippen molar-refractivity contribution in [1.82, 2.24) is 19.9 Å². The summed E-state index contributed by atoms with van der Waals surface area (Å²) in [6.45, 7) is 4.62. The molecule has 1 N–H and O–H groups in total. The minimum absolute atomic E-state index is 0.322. The van der Waals surface area contributed by atoms with Gasteiger partial charge in [-0.3, -0.25) is 14.6 Å². The number of benzene rings is 1. The summed E-state index contributed by atoms with van der Waals surface area (Å²) in [4.78, 5) is 20.0. The van der Waals surface area contributed by atoms with E-state index in [0.717, 1.165) is 0 Å². The fourth-order valence-electron chi connectivity index (χ4n) is 3.19. The number of carbonyl (C=O) groups is 1. The van der Waals surface area contributed by atoms with Crippen LogP contribution < -0.4 is 4.74 Å². The van der Waals surface area contributed by atoms with Gasteiger partial charge in [0.2, 0.25) is 5.89 Å². The van der Waals surface area contributed by atoms with E-state index in [1.54, 1.807) is 6.92 Å². The second-order valence-electron chi connectivity index (χ2n) is 6.17. The first kappa shape index (κ1) is 18.3. The van der Waals surface area contributed by atoms with E-state index in [0.29, 0.717) is 55.8 Å². The van der Waals surface area contributed by atoms with Gasteiger partial charge in [0.15, 0.2) is 5.82 Å². The Morgan fingerprint density at radius 2 is 2.12 bits per heavy atom. The molecule has 0 amide bonds. The van der Waals surface area contributed by atoms with Crippen LogP contribution in [0, 0.1) is 12.7 Å². The summed E-state index contributed by atoms with van der Waals surface area (Å²) in [6, 6.07) is 2.98. The largest absolute Gasteiger partial charge is 0.496 e. The summed E-state index contributed by atoms with van der Waals surface area (Å²) in [5, 5.41) is 13.6. The number of halogens is 1. The van der Waals surface area contributed by atoms with E-state index in [4.69, 9.17) is 9.26 Å². The highest BCUT2D eigenvalue weighted by molar-refractivity contribution is 5.76. The average Bonchev–Trinajstić information content (AvgIpc) is 3.01. The van der Waals surface area contributed by atoms with E-state index in [1.807, 2.05) is 4.90 Å². The number of carboxylic acids is 1. The van der Waals surface area contributed by atoms with Gasteiger partial charge in [-0.2, -0.15) is 4.98 Å². The van der Waals surface area contributed by atoms with Crippen LogP contribution in [0.25, 0.3) is 0 Å². The lowest BCUT2D eigenvalue weighted by Gasteiger charge is -2.37. The molecular formula is C17H21FN4O4. The minimum Gasteiger partial charge on any atom is -0.496 e. The van der Waals surface area contributed by atoms with Crippen molar-refractivity contribution in [3.63, 3.8) is 0 Å². The topological polar surface area (TPSA) is 91.9 Å². The number of aryl methyl sites for hydroxylation is 1. The number of aromatic nitrogens is 2. The van der Waals surface area contributed by atoms with Gasteiger partial charge in [0, 0.05) is 38.7 Å². The van der Waals surface area contributed by atoms with Gasteiger partial charge in [0.05, 0.1) is 13.7 Å². The van der Waals surface area contributed by atoms with Crippen molar-refractivity contribution in [3.05, 3.63) is 41.3 Å². The first-order valence-electron chi connectivity index (χ1n) is 8.29. The molecule has 2 heterocycles. The lowest BCUT2D eigenvalue weighted by molar-refractivity contribution is -0.144. The Kier molecular flexibility index (Phi) is 5.48. The molecule has 2 aromatic rings. The average molecular weight is 364 g/mol. The van der Waals surface area contributed by atoms with Crippen LogP contribution in [0.3, 0.4) is 0 Å². The number of hydrogen-bond donors (Lipinski definition) is 1. The molecule has 8 nitrogen and oxygen atoms in total. The number of aliphatic carboxylic acids is 1. The van der Waals surface area contributed by atoms with E-state index in [9.17, 15) is 14.3 Å². The minimum atomic E-state index is -1.03. The highest BCUT2D eigenvalue weighted by Crippen LogP contribution is 2.31. The predicted molar refractivity (Wildman–Crippen MR) is 89.2 cm³/mol. The summed E-state index contributed by atoms with van der Waals surface area (Å²) < 4.78 is 23.9. The smallest absolute Gasteiger partial charge is 0.325 e. The molecule has 1 saturated heterocycles. The molecule has 0 radical (unpaired) electrons. The highest BCUT2D eigenvalue weighted by Gasteiger charge is 2.33. The van der Waals surface area contributed by atoms with Gasteiger partial charge in [-0.25, -0.2) is 4.39 Å². The summed E-state index contributed by atoms with van der Waals surface area (Å²) >= 11 is 0. The standard InChI is InChI=1S/C17H21FN4O4/c1-11-19-15(20-26-11)10-21-5-7-22(8-6-21)16(17(23)24)13-9-12(18)3-4-14(13)25-2/h3-4,9,16H,5-8,10H2,1-2H3,(H,23,24). The van der Waals surface area contributed by atoms with E-state index in [-0.39, 0.29) is 0 Å². The van der Waals surface area contributed by atoms with Crippen molar-refractivity contribution in [2.75, 3.05) is 33.3 Å². The lowest BCUT2D eigenvalue weighted by atomic mass is 10.0. The number of piperazine rings is 1. The van der Waals surface area contributed by atoms with E-state index < -0.39 is 17.8 Å². The van der Waals surface area contributed by atoms with Gasteiger partial charge in [0.1, 0.15) is 17.6 Å². The van der Waals surface area contributed by atoms with Crippen molar-refractivity contribution in [2.45, 2.75) is 19.5 Å². The van der Waals surface area contributed by atoms with Gasteiger partial charge >= 0.3 is 5.97 Å². The second kappa shape index (κ2) is 7.79. The molecule has 1 aromatic carbocycles. The molecule has 1 unspecified atom stereocenters. The Labute approximate surface area is 150 Å². The molecule has 0 bridgehead atoms. The van der Waals surface area contributed by atoms with Gasteiger partial charge in [-0.05, 0) is 18.2 Å². The molecule has 0 spiro atoms. The number of hydrogen-bond acceptors (Lipinski definition) is 7. The summed E-state index contributed by atoms with van der Waals surface area (Å²) in [7, 11) is 1.44. The van der Waals surface area contributed by atoms with Gasteiger partial charge in [-0.1, -0.05) is 5.16 Å². The highest BCUT2D eigenvalue weighted by atomic mass is 19.1. The van der Waals surface area contributed by atoms with Crippen molar-refractivity contribution < 1.29 is 23.6 Å². The zero-order chi connectivity index (χ0) is 18.7. The molecule has 0 aliphatic carbocycles. The Morgan fingerprint density at radius 3 is 2.69 bits per heavy atom. The van der Waals surface area contributed by atoms with Gasteiger partial charge in [0.25, 0.3) is 0 Å².